The number of thioether (sulfide) groups is 1. The molecule has 4 rings (SSSR count). The average molecular weight is 392 g/mol. The van der Waals surface area contributed by atoms with E-state index in [1.165, 1.54) is 4.90 Å². The van der Waals surface area contributed by atoms with E-state index in [1.807, 2.05) is 47.0 Å². The number of aromatic nitrogens is 3. The molecular formula is C21H20N4O2S. The number of aryl methyl sites for hydroxylation is 1. The van der Waals surface area contributed by atoms with E-state index in [0.717, 1.165) is 16.8 Å². The summed E-state index contributed by atoms with van der Waals surface area (Å²) in [4.78, 5) is 23.1. The summed E-state index contributed by atoms with van der Waals surface area (Å²) < 4.78 is 7.07. The predicted molar refractivity (Wildman–Crippen MR) is 113 cm³/mol. The van der Waals surface area contributed by atoms with Crippen molar-refractivity contribution in [1.82, 2.24) is 14.5 Å². The van der Waals surface area contributed by atoms with Crippen LogP contribution in [0.2, 0.25) is 0 Å². The van der Waals surface area contributed by atoms with Gasteiger partial charge in [0.25, 0.3) is 0 Å². The summed E-state index contributed by atoms with van der Waals surface area (Å²) in [5.74, 6) is 0.663. The second kappa shape index (κ2) is 7.90. The number of rotatable bonds is 6. The van der Waals surface area contributed by atoms with Gasteiger partial charge in [-0.2, -0.15) is 0 Å². The smallest absolute Gasteiger partial charge is 0.344 e. The van der Waals surface area contributed by atoms with E-state index < -0.39 is 5.97 Å². The third kappa shape index (κ3) is 3.41. The number of fused-ring (bicyclic) bond motifs is 2. The van der Waals surface area contributed by atoms with Crippen molar-refractivity contribution in [2.24, 2.45) is 0 Å². The van der Waals surface area contributed by atoms with Crippen LogP contribution in [0.25, 0.3) is 22.2 Å². The van der Waals surface area contributed by atoms with Gasteiger partial charge in [0, 0.05) is 17.2 Å². The maximum absolute atomic E-state index is 12.5. The van der Waals surface area contributed by atoms with Crippen LogP contribution in [0.5, 0.6) is 0 Å². The van der Waals surface area contributed by atoms with E-state index in [-0.39, 0.29) is 6.61 Å². The van der Waals surface area contributed by atoms with Gasteiger partial charge in [-0.3, -0.25) is 0 Å². The molecule has 0 aliphatic carbocycles. The van der Waals surface area contributed by atoms with E-state index in [1.54, 1.807) is 18.7 Å². The average Bonchev–Trinajstić information content (AvgIpc) is 2.98. The maximum Gasteiger partial charge on any atom is 0.344 e. The molecule has 2 N–H and O–H groups in total. The molecule has 2 aromatic heterocycles. The molecule has 0 unspecified atom stereocenters. The molecule has 28 heavy (non-hydrogen) atoms. The molecular weight excluding hydrogens is 372 g/mol. The van der Waals surface area contributed by atoms with Crippen LogP contribution < -0.4 is 5.73 Å². The highest BCUT2D eigenvalue weighted by Crippen LogP contribution is 2.29. The van der Waals surface area contributed by atoms with Crippen LogP contribution in [0.3, 0.4) is 0 Å². The molecule has 4 aromatic rings. The minimum absolute atomic E-state index is 0.274. The van der Waals surface area contributed by atoms with Crippen LogP contribution in [0.4, 0.5) is 5.82 Å². The highest BCUT2D eigenvalue weighted by molar-refractivity contribution is 7.99. The number of benzene rings is 2. The van der Waals surface area contributed by atoms with Crippen molar-refractivity contribution in [3.63, 3.8) is 0 Å². The summed E-state index contributed by atoms with van der Waals surface area (Å²) in [7, 11) is 0. The van der Waals surface area contributed by atoms with Gasteiger partial charge in [-0.1, -0.05) is 30.3 Å². The number of carbonyl (C=O) groups excluding carboxylic acids is 1. The van der Waals surface area contributed by atoms with Gasteiger partial charge in [0.2, 0.25) is 0 Å². The lowest BCUT2D eigenvalue weighted by atomic mass is 10.2. The Kier molecular flexibility index (Phi) is 5.16. The molecule has 0 aliphatic heterocycles. The van der Waals surface area contributed by atoms with Gasteiger partial charge >= 0.3 is 5.97 Å². The van der Waals surface area contributed by atoms with Crippen molar-refractivity contribution in [1.29, 1.82) is 0 Å². The number of carbonyl (C=O) groups is 1. The zero-order valence-corrected chi connectivity index (χ0v) is 16.3. The molecule has 2 heterocycles. The third-order valence-electron chi connectivity index (χ3n) is 4.40. The van der Waals surface area contributed by atoms with Gasteiger partial charge in [0.05, 0.1) is 17.6 Å². The zero-order valence-electron chi connectivity index (χ0n) is 15.5. The van der Waals surface area contributed by atoms with Gasteiger partial charge in [-0.15, -0.1) is 11.8 Å². The summed E-state index contributed by atoms with van der Waals surface area (Å²) in [6, 6.07) is 17.7. The van der Waals surface area contributed by atoms with Crippen LogP contribution >= 0.6 is 11.8 Å². The standard InChI is InChI=1S/C21H20N4O2S/c1-2-27-21(26)17-18-20(24-16-11-7-6-10-15(16)23-18)25(19(17)22)12-13-28-14-8-4-3-5-9-14/h3-11H,2,12-13,22H2,1H3. The quantitative estimate of drug-likeness (QED) is 0.392. The highest BCUT2D eigenvalue weighted by Gasteiger charge is 2.24. The van der Waals surface area contributed by atoms with Gasteiger partial charge in [0.1, 0.15) is 16.9 Å². The number of hydrogen-bond acceptors (Lipinski definition) is 6. The first kappa shape index (κ1) is 18.3. The minimum Gasteiger partial charge on any atom is -0.462 e. The number of esters is 1. The molecule has 0 aliphatic rings. The van der Waals surface area contributed by atoms with Crippen LogP contribution in [0.15, 0.2) is 59.5 Å². The molecule has 0 radical (unpaired) electrons. The van der Waals surface area contributed by atoms with Crippen molar-refractivity contribution in [3.8, 4) is 0 Å². The van der Waals surface area contributed by atoms with E-state index >= 15 is 0 Å². The molecule has 7 heteroatoms. The lowest BCUT2D eigenvalue weighted by molar-refractivity contribution is 0.0529. The molecule has 0 fully saturated rings. The molecule has 6 nitrogen and oxygen atoms in total. The predicted octanol–water partition coefficient (Wildman–Crippen LogP) is 4.14. The van der Waals surface area contributed by atoms with Crippen molar-refractivity contribution < 1.29 is 9.53 Å². The lowest BCUT2D eigenvalue weighted by Crippen LogP contribution is -2.10. The number of nitrogen functional groups attached to an aromatic ring is 1. The second-order valence-electron chi connectivity index (χ2n) is 6.18. The zero-order chi connectivity index (χ0) is 19.5. The molecule has 0 saturated carbocycles. The molecule has 0 atom stereocenters. The number of nitrogens with two attached hydrogens (primary N) is 1. The van der Waals surface area contributed by atoms with Crippen molar-refractivity contribution >= 4 is 45.7 Å². The molecule has 0 spiro atoms. The molecule has 0 amide bonds. The summed E-state index contributed by atoms with van der Waals surface area (Å²) in [6.45, 7) is 2.65. The number of hydrogen-bond donors (Lipinski definition) is 1. The molecule has 142 valence electrons. The number of ether oxygens (including phenoxy) is 1. The molecule has 0 bridgehead atoms. The summed E-state index contributed by atoms with van der Waals surface area (Å²) in [5.41, 5.74) is 9.23. The first-order valence-corrected chi connectivity index (χ1v) is 10.1. The largest absolute Gasteiger partial charge is 0.462 e. The Morgan fingerprint density at radius 1 is 1.07 bits per heavy atom. The van der Waals surface area contributed by atoms with E-state index in [4.69, 9.17) is 15.5 Å². The summed E-state index contributed by atoms with van der Waals surface area (Å²) in [6.07, 6.45) is 0. The minimum atomic E-state index is -0.468. The Balaban J connectivity index is 1.76. The number of para-hydroxylation sites is 2. The van der Waals surface area contributed by atoms with Gasteiger partial charge in [0.15, 0.2) is 5.65 Å². The van der Waals surface area contributed by atoms with Crippen LogP contribution in [-0.2, 0) is 11.3 Å². The Hall–Kier alpha value is -3.06. The Bertz CT molecular complexity index is 1140. The fraction of sp³-hybridized carbons (Fsp3) is 0.190. The fourth-order valence-corrected chi connectivity index (χ4v) is 3.98. The molecule has 0 saturated heterocycles. The second-order valence-corrected chi connectivity index (χ2v) is 7.35. The van der Waals surface area contributed by atoms with Crippen LogP contribution in [0, 0.1) is 0 Å². The van der Waals surface area contributed by atoms with Gasteiger partial charge in [-0.05, 0) is 31.2 Å². The van der Waals surface area contributed by atoms with Gasteiger partial charge < -0.3 is 15.0 Å². The maximum atomic E-state index is 12.5. The summed E-state index contributed by atoms with van der Waals surface area (Å²) in [5, 5.41) is 0. The SMILES string of the molecule is CCOC(=O)c1c(N)n(CCSc2ccccc2)c2nc3ccccc3nc12. The number of anilines is 1. The first-order chi connectivity index (χ1) is 13.7. The van der Waals surface area contributed by atoms with E-state index in [9.17, 15) is 4.79 Å². The summed E-state index contributed by atoms with van der Waals surface area (Å²) >= 11 is 1.72. The molecule has 2 aromatic carbocycles. The van der Waals surface area contributed by atoms with Crippen molar-refractivity contribution in [2.45, 2.75) is 18.4 Å². The van der Waals surface area contributed by atoms with Crippen molar-refractivity contribution in [2.75, 3.05) is 18.1 Å². The monoisotopic (exact) mass is 392 g/mol. The van der Waals surface area contributed by atoms with Crippen LogP contribution in [0.1, 0.15) is 17.3 Å². The Morgan fingerprint density at radius 3 is 2.46 bits per heavy atom. The Morgan fingerprint density at radius 2 is 1.75 bits per heavy atom. The van der Waals surface area contributed by atoms with E-state index in [2.05, 4.69) is 17.1 Å². The van der Waals surface area contributed by atoms with E-state index in [0.29, 0.717) is 29.1 Å². The first-order valence-electron chi connectivity index (χ1n) is 9.08. The Labute approximate surface area is 166 Å². The third-order valence-corrected chi connectivity index (χ3v) is 5.39. The lowest BCUT2D eigenvalue weighted by Gasteiger charge is -2.08. The van der Waals surface area contributed by atoms with Gasteiger partial charge in [-0.25, -0.2) is 14.8 Å². The number of nitrogens with zero attached hydrogens (tertiary/aromatic N) is 3. The van der Waals surface area contributed by atoms with Crippen LogP contribution in [-0.4, -0.2) is 32.9 Å². The fourth-order valence-electron chi connectivity index (χ4n) is 3.12. The normalized spacial score (nSPS) is 11.2. The highest BCUT2D eigenvalue weighted by atomic mass is 32.2. The van der Waals surface area contributed by atoms with Crippen molar-refractivity contribution in [3.05, 3.63) is 60.2 Å². The topological polar surface area (TPSA) is 83.0 Å².